The molecule has 0 aromatic heterocycles. The largest absolute Gasteiger partial charge is 0.459 e. The minimum absolute atomic E-state index is 0.00676. The quantitative estimate of drug-likeness (QED) is 0.500. The van der Waals surface area contributed by atoms with Gasteiger partial charge in [-0.15, -0.1) is 0 Å². The van der Waals surface area contributed by atoms with Crippen molar-refractivity contribution < 1.29 is 35.9 Å². The number of nitrogens with zero attached hydrogens (tertiary/aromatic N) is 1. The van der Waals surface area contributed by atoms with Crippen LogP contribution in [0.1, 0.15) is 32.8 Å². The maximum atomic E-state index is 13.0. The van der Waals surface area contributed by atoms with E-state index in [9.17, 15) is 31.1 Å². The van der Waals surface area contributed by atoms with E-state index in [-0.39, 0.29) is 6.54 Å². The zero-order chi connectivity index (χ0) is 21.0. The van der Waals surface area contributed by atoms with Gasteiger partial charge in [0.15, 0.2) is 5.92 Å². The Morgan fingerprint density at radius 1 is 1.00 bits per heavy atom. The normalized spacial score (nSPS) is 14.5. The Morgan fingerprint density at radius 2 is 1.48 bits per heavy atom. The molecule has 0 N–H and O–H groups in total. The summed E-state index contributed by atoms with van der Waals surface area (Å²) in [6.07, 6.45) is -12.5. The van der Waals surface area contributed by atoms with Gasteiger partial charge in [-0.25, -0.2) is 0 Å². The number of hydrogen-bond donors (Lipinski definition) is 0. The number of carbonyl (C=O) groups excluding carboxylic acids is 1. The van der Waals surface area contributed by atoms with Crippen LogP contribution < -0.4 is 0 Å². The SMILES string of the molecule is CN(Cc1ccccc1)C(CC(C(F)(F)F)C(F)(F)F)C(=O)OC(C)(C)C. The molecule has 1 rings (SSSR count). The monoisotopic (exact) mass is 399 g/mol. The van der Waals surface area contributed by atoms with Crippen molar-refractivity contribution in [3.63, 3.8) is 0 Å². The summed E-state index contributed by atoms with van der Waals surface area (Å²) in [7, 11) is 1.30. The number of likely N-dealkylation sites (N-methyl/N-ethyl adjacent to an activating group) is 1. The molecule has 0 heterocycles. The first-order chi connectivity index (χ1) is 12.1. The minimum Gasteiger partial charge on any atom is -0.459 e. The maximum absolute atomic E-state index is 13.0. The second-order valence-corrected chi connectivity index (χ2v) is 7.32. The second-order valence-electron chi connectivity index (χ2n) is 7.32. The number of hydrogen-bond acceptors (Lipinski definition) is 3. The van der Waals surface area contributed by atoms with E-state index in [1.54, 1.807) is 30.3 Å². The Morgan fingerprint density at radius 3 is 1.89 bits per heavy atom. The summed E-state index contributed by atoms with van der Waals surface area (Å²) in [6.45, 7) is 4.46. The van der Waals surface area contributed by atoms with E-state index in [1.807, 2.05) is 0 Å². The summed E-state index contributed by atoms with van der Waals surface area (Å²) in [5.74, 6) is -4.75. The van der Waals surface area contributed by atoms with E-state index >= 15 is 0 Å². The van der Waals surface area contributed by atoms with Gasteiger partial charge in [0.2, 0.25) is 0 Å². The van der Waals surface area contributed by atoms with Crippen molar-refractivity contribution in [2.24, 2.45) is 5.92 Å². The number of alkyl halides is 6. The van der Waals surface area contributed by atoms with Crippen molar-refractivity contribution in [2.75, 3.05) is 7.05 Å². The van der Waals surface area contributed by atoms with Crippen LogP contribution in [0.2, 0.25) is 0 Å². The van der Waals surface area contributed by atoms with Crippen LogP contribution in [-0.4, -0.2) is 41.9 Å². The summed E-state index contributed by atoms with van der Waals surface area (Å²) in [6, 6.07) is 6.69. The Bertz CT molecular complexity index is 593. The summed E-state index contributed by atoms with van der Waals surface area (Å²) in [5.41, 5.74) is -0.404. The third kappa shape index (κ3) is 7.78. The predicted molar refractivity (Wildman–Crippen MR) is 87.8 cm³/mol. The lowest BCUT2D eigenvalue weighted by molar-refractivity contribution is -0.288. The van der Waals surface area contributed by atoms with Gasteiger partial charge in [0.1, 0.15) is 11.6 Å². The predicted octanol–water partition coefficient (Wildman–Crippen LogP) is 4.96. The first-order valence-corrected chi connectivity index (χ1v) is 8.21. The molecule has 1 aromatic carbocycles. The van der Waals surface area contributed by atoms with Gasteiger partial charge in [0, 0.05) is 6.54 Å². The number of esters is 1. The van der Waals surface area contributed by atoms with E-state index in [0.29, 0.717) is 5.56 Å². The van der Waals surface area contributed by atoms with Crippen molar-refractivity contribution in [1.29, 1.82) is 0 Å². The molecule has 0 aliphatic rings. The molecule has 0 bridgehead atoms. The number of benzene rings is 1. The number of rotatable bonds is 6. The molecule has 1 unspecified atom stereocenters. The molecule has 0 aliphatic carbocycles. The highest BCUT2D eigenvalue weighted by Gasteiger charge is 2.58. The summed E-state index contributed by atoms with van der Waals surface area (Å²) in [4.78, 5) is 13.5. The lowest BCUT2D eigenvalue weighted by Gasteiger charge is -2.33. The van der Waals surface area contributed by atoms with E-state index in [4.69, 9.17) is 4.74 Å². The van der Waals surface area contributed by atoms with Crippen molar-refractivity contribution >= 4 is 5.97 Å². The molecule has 0 saturated carbocycles. The molecule has 27 heavy (non-hydrogen) atoms. The first kappa shape index (κ1) is 23.3. The van der Waals surface area contributed by atoms with E-state index < -0.39 is 42.3 Å². The second kappa shape index (κ2) is 8.50. The Labute approximate surface area is 154 Å². The molecule has 154 valence electrons. The maximum Gasteiger partial charge on any atom is 0.400 e. The highest BCUT2D eigenvalue weighted by Crippen LogP contribution is 2.42. The van der Waals surface area contributed by atoms with Crippen molar-refractivity contribution in [2.45, 2.75) is 57.7 Å². The fourth-order valence-corrected chi connectivity index (χ4v) is 2.48. The Hall–Kier alpha value is -1.77. The molecule has 1 atom stereocenters. The van der Waals surface area contributed by atoms with Gasteiger partial charge >= 0.3 is 18.3 Å². The van der Waals surface area contributed by atoms with Gasteiger partial charge in [0.25, 0.3) is 0 Å². The Balaban J connectivity index is 3.14. The van der Waals surface area contributed by atoms with Gasteiger partial charge in [-0.1, -0.05) is 30.3 Å². The molecule has 0 aliphatic heterocycles. The van der Waals surface area contributed by atoms with Crippen LogP contribution in [0, 0.1) is 5.92 Å². The van der Waals surface area contributed by atoms with Crippen LogP contribution in [0.15, 0.2) is 30.3 Å². The highest BCUT2D eigenvalue weighted by atomic mass is 19.4. The minimum atomic E-state index is -5.52. The number of ether oxygens (including phenoxy) is 1. The van der Waals surface area contributed by atoms with Gasteiger partial charge in [-0.05, 0) is 39.8 Å². The van der Waals surface area contributed by atoms with E-state index in [1.165, 1.54) is 27.8 Å². The molecular weight excluding hydrogens is 376 g/mol. The molecule has 3 nitrogen and oxygen atoms in total. The van der Waals surface area contributed by atoms with Crippen LogP contribution >= 0.6 is 0 Å². The highest BCUT2D eigenvalue weighted by molar-refractivity contribution is 5.76. The van der Waals surface area contributed by atoms with Crippen molar-refractivity contribution in [1.82, 2.24) is 4.90 Å². The topological polar surface area (TPSA) is 29.5 Å². The van der Waals surface area contributed by atoms with E-state index in [0.717, 1.165) is 4.90 Å². The molecule has 1 aromatic rings. The van der Waals surface area contributed by atoms with Crippen LogP contribution in [0.25, 0.3) is 0 Å². The first-order valence-electron chi connectivity index (χ1n) is 8.21. The van der Waals surface area contributed by atoms with E-state index in [2.05, 4.69) is 0 Å². The lowest BCUT2D eigenvalue weighted by atomic mass is 9.97. The molecule has 0 saturated heterocycles. The third-order valence-corrected chi connectivity index (χ3v) is 3.73. The molecule has 0 spiro atoms. The van der Waals surface area contributed by atoms with Crippen molar-refractivity contribution in [3.8, 4) is 0 Å². The zero-order valence-electron chi connectivity index (χ0n) is 15.5. The molecule has 0 fully saturated rings. The van der Waals surface area contributed by atoms with Crippen LogP contribution in [-0.2, 0) is 16.1 Å². The van der Waals surface area contributed by atoms with Crippen LogP contribution in [0.3, 0.4) is 0 Å². The van der Waals surface area contributed by atoms with Gasteiger partial charge in [-0.3, -0.25) is 9.69 Å². The lowest BCUT2D eigenvalue weighted by Crippen LogP contribution is -2.48. The third-order valence-electron chi connectivity index (χ3n) is 3.73. The van der Waals surface area contributed by atoms with Crippen LogP contribution in [0.5, 0.6) is 0 Å². The smallest absolute Gasteiger partial charge is 0.400 e. The average molecular weight is 399 g/mol. The standard InChI is InChI=1S/C18H23F6NO2/c1-16(2,3)27-15(26)13(10-14(17(19,20)21)18(22,23)24)25(4)11-12-8-6-5-7-9-12/h5-9,13-14H,10-11H2,1-4H3. The van der Waals surface area contributed by atoms with Gasteiger partial charge in [0.05, 0.1) is 0 Å². The number of halogens is 6. The molecular formula is C18H23F6NO2. The van der Waals surface area contributed by atoms with Crippen molar-refractivity contribution in [3.05, 3.63) is 35.9 Å². The summed E-state index contributed by atoms with van der Waals surface area (Å²) >= 11 is 0. The molecule has 0 radical (unpaired) electrons. The van der Waals surface area contributed by atoms with Crippen LogP contribution in [0.4, 0.5) is 26.3 Å². The number of carbonyl (C=O) groups is 1. The molecule has 0 amide bonds. The average Bonchev–Trinajstić information content (AvgIpc) is 2.43. The fraction of sp³-hybridized carbons (Fsp3) is 0.611. The molecule has 9 heteroatoms. The zero-order valence-corrected chi connectivity index (χ0v) is 15.5. The van der Waals surface area contributed by atoms with Gasteiger partial charge in [-0.2, -0.15) is 26.3 Å². The summed E-state index contributed by atoms with van der Waals surface area (Å²) in [5, 5.41) is 0. The van der Waals surface area contributed by atoms with Gasteiger partial charge < -0.3 is 4.74 Å². The Kier molecular flexibility index (Phi) is 7.32. The summed E-state index contributed by atoms with van der Waals surface area (Å²) < 4.78 is 82.9. The fourth-order valence-electron chi connectivity index (χ4n) is 2.48.